The van der Waals surface area contributed by atoms with Gasteiger partial charge in [0.2, 0.25) is 0 Å². The average molecular weight is 277 g/mol. The number of rotatable bonds is 7. The third-order valence-corrected chi connectivity index (χ3v) is 4.47. The molecule has 0 spiro atoms. The molecule has 0 amide bonds. The van der Waals surface area contributed by atoms with Gasteiger partial charge in [0.15, 0.2) is 0 Å². The molecule has 1 aliphatic rings. The van der Waals surface area contributed by atoms with Gasteiger partial charge in [0, 0.05) is 30.9 Å². The molecule has 2 rings (SSSR count). The van der Waals surface area contributed by atoms with Crippen LogP contribution in [0.15, 0.2) is 24.3 Å². The third kappa shape index (κ3) is 3.15. The van der Waals surface area contributed by atoms with Gasteiger partial charge in [-0.2, -0.15) is 0 Å². The Morgan fingerprint density at radius 2 is 2.05 bits per heavy atom. The fourth-order valence-corrected chi connectivity index (χ4v) is 2.89. The van der Waals surface area contributed by atoms with Crippen LogP contribution in [0.3, 0.4) is 0 Å². The second-order valence-electron chi connectivity index (χ2n) is 6.10. The lowest BCUT2D eigenvalue weighted by Crippen LogP contribution is -2.58. The molecule has 0 aromatic heterocycles. The fourth-order valence-electron chi connectivity index (χ4n) is 2.89. The maximum absolute atomic E-state index is 5.80. The van der Waals surface area contributed by atoms with Gasteiger partial charge < -0.3 is 14.8 Å². The average Bonchev–Trinajstić information content (AvgIpc) is 2.45. The van der Waals surface area contributed by atoms with E-state index in [9.17, 15) is 0 Å². The van der Waals surface area contributed by atoms with E-state index < -0.39 is 0 Å². The molecule has 112 valence electrons. The minimum Gasteiger partial charge on any atom is -0.384 e. The molecular formula is C17H27NO2. The molecule has 1 aromatic carbocycles. The highest BCUT2D eigenvalue weighted by atomic mass is 16.5. The Kier molecular flexibility index (Phi) is 5.06. The molecule has 3 nitrogen and oxygen atoms in total. The smallest absolute Gasteiger partial charge is 0.0665 e. The fraction of sp³-hybridized carbons (Fsp3) is 0.647. The maximum Gasteiger partial charge on any atom is 0.0665 e. The Morgan fingerprint density at radius 3 is 2.70 bits per heavy atom. The van der Waals surface area contributed by atoms with Crippen molar-refractivity contribution in [1.29, 1.82) is 0 Å². The number of methoxy groups -OCH3 is 1. The van der Waals surface area contributed by atoms with Crippen molar-refractivity contribution >= 4 is 5.69 Å². The van der Waals surface area contributed by atoms with E-state index in [-0.39, 0.29) is 5.41 Å². The van der Waals surface area contributed by atoms with Crippen LogP contribution in [0.1, 0.15) is 32.8 Å². The molecule has 1 aliphatic carbocycles. The van der Waals surface area contributed by atoms with E-state index in [1.165, 1.54) is 11.3 Å². The molecule has 2 atom stereocenters. The zero-order valence-electron chi connectivity index (χ0n) is 13.1. The van der Waals surface area contributed by atoms with Crippen molar-refractivity contribution in [3.8, 4) is 0 Å². The summed E-state index contributed by atoms with van der Waals surface area (Å²) >= 11 is 0. The Hall–Kier alpha value is -1.06. The number of anilines is 1. The van der Waals surface area contributed by atoms with Crippen LogP contribution in [0.25, 0.3) is 0 Å². The predicted molar refractivity (Wildman–Crippen MR) is 83.2 cm³/mol. The second kappa shape index (κ2) is 6.59. The molecule has 1 aromatic rings. The van der Waals surface area contributed by atoms with E-state index in [4.69, 9.17) is 9.47 Å². The summed E-state index contributed by atoms with van der Waals surface area (Å²) in [7, 11) is 1.75. The maximum atomic E-state index is 5.80. The number of ether oxygens (including phenoxy) is 2. The molecular weight excluding hydrogens is 250 g/mol. The summed E-state index contributed by atoms with van der Waals surface area (Å²) in [6.07, 6.45) is 2.40. The van der Waals surface area contributed by atoms with Crippen LogP contribution in [0.4, 0.5) is 5.69 Å². The van der Waals surface area contributed by atoms with E-state index in [1.54, 1.807) is 7.11 Å². The summed E-state index contributed by atoms with van der Waals surface area (Å²) in [5.74, 6) is 0. The van der Waals surface area contributed by atoms with Crippen LogP contribution in [-0.4, -0.2) is 32.5 Å². The zero-order valence-corrected chi connectivity index (χ0v) is 13.1. The van der Waals surface area contributed by atoms with Crippen molar-refractivity contribution in [2.45, 2.75) is 45.8 Å². The lowest BCUT2D eigenvalue weighted by molar-refractivity contribution is -0.0976. The highest BCUT2D eigenvalue weighted by molar-refractivity contribution is 5.52. The zero-order chi connectivity index (χ0) is 14.6. The first kappa shape index (κ1) is 15.3. The monoisotopic (exact) mass is 277 g/mol. The van der Waals surface area contributed by atoms with E-state index in [0.29, 0.717) is 12.1 Å². The third-order valence-electron chi connectivity index (χ3n) is 4.47. The molecule has 1 saturated carbocycles. The summed E-state index contributed by atoms with van der Waals surface area (Å²) in [6.45, 7) is 8.19. The summed E-state index contributed by atoms with van der Waals surface area (Å²) in [5, 5.41) is 3.70. The minimum absolute atomic E-state index is 0.185. The van der Waals surface area contributed by atoms with Crippen molar-refractivity contribution in [3.05, 3.63) is 29.8 Å². The topological polar surface area (TPSA) is 30.5 Å². The van der Waals surface area contributed by atoms with E-state index in [1.807, 2.05) is 0 Å². The van der Waals surface area contributed by atoms with Crippen LogP contribution < -0.4 is 5.32 Å². The Labute approximate surface area is 122 Å². The lowest BCUT2D eigenvalue weighted by atomic mass is 9.64. The SMILES string of the molecule is CCOC1CC(Nc2ccccc2CCOC)C1(C)C. The molecule has 0 aliphatic heterocycles. The summed E-state index contributed by atoms with van der Waals surface area (Å²) < 4.78 is 11.0. The van der Waals surface area contributed by atoms with E-state index in [2.05, 4.69) is 50.4 Å². The van der Waals surface area contributed by atoms with Crippen LogP contribution in [0, 0.1) is 5.41 Å². The molecule has 0 heterocycles. The summed E-state index contributed by atoms with van der Waals surface area (Å²) in [4.78, 5) is 0. The first-order chi connectivity index (χ1) is 9.59. The van der Waals surface area contributed by atoms with Gasteiger partial charge >= 0.3 is 0 Å². The van der Waals surface area contributed by atoms with Crippen molar-refractivity contribution in [3.63, 3.8) is 0 Å². The Balaban J connectivity index is 2.01. The first-order valence-corrected chi connectivity index (χ1v) is 7.54. The van der Waals surface area contributed by atoms with Crippen LogP contribution >= 0.6 is 0 Å². The second-order valence-corrected chi connectivity index (χ2v) is 6.10. The van der Waals surface area contributed by atoms with Crippen molar-refractivity contribution in [1.82, 2.24) is 0 Å². The normalized spacial score (nSPS) is 24.2. The van der Waals surface area contributed by atoms with E-state index >= 15 is 0 Å². The summed E-state index contributed by atoms with van der Waals surface area (Å²) in [5.41, 5.74) is 2.74. The molecule has 0 radical (unpaired) electrons. The van der Waals surface area contributed by atoms with Crippen LogP contribution in [0.5, 0.6) is 0 Å². The first-order valence-electron chi connectivity index (χ1n) is 7.54. The van der Waals surface area contributed by atoms with Gasteiger partial charge in [0.25, 0.3) is 0 Å². The standard InChI is InChI=1S/C17H27NO2/c1-5-20-16-12-15(17(16,2)3)18-14-9-7-6-8-13(14)10-11-19-4/h6-9,15-16,18H,5,10-12H2,1-4H3. The molecule has 0 bridgehead atoms. The molecule has 1 fully saturated rings. The van der Waals surface area contributed by atoms with Crippen LogP contribution in [0.2, 0.25) is 0 Å². The van der Waals surface area contributed by atoms with Gasteiger partial charge in [-0.1, -0.05) is 32.0 Å². The Bertz CT molecular complexity index is 431. The number of benzene rings is 1. The Morgan fingerprint density at radius 1 is 1.30 bits per heavy atom. The van der Waals surface area contributed by atoms with E-state index in [0.717, 1.165) is 26.1 Å². The van der Waals surface area contributed by atoms with Gasteiger partial charge in [0.05, 0.1) is 12.7 Å². The highest BCUT2D eigenvalue weighted by Crippen LogP contribution is 2.44. The van der Waals surface area contributed by atoms with Gasteiger partial charge in [-0.25, -0.2) is 0 Å². The van der Waals surface area contributed by atoms with Crippen molar-refractivity contribution < 1.29 is 9.47 Å². The number of para-hydroxylation sites is 1. The molecule has 1 N–H and O–H groups in total. The van der Waals surface area contributed by atoms with Gasteiger partial charge in [-0.3, -0.25) is 0 Å². The molecule has 0 saturated heterocycles. The molecule has 3 heteroatoms. The molecule has 20 heavy (non-hydrogen) atoms. The highest BCUT2D eigenvalue weighted by Gasteiger charge is 2.48. The van der Waals surface area contributed by atoms with Crippen molar-refractivity contribution in [2.75, 3.05) is 25.6 Å². The van der Waals surface area contributed by atoms with Gasteiger partial charge in [-0.15, -0.1) is 0 Å². The number of nitrogens with one attached hydrogen (secondary N) is 1. The lowest BCUT2D eigenvalue weighted by Gasteiger charge is -2.52. The van der Waals surface area contributed by atoms with Crippen molar-refractivity contribution in [2.24, 2.45) is 5.41 Å². The largest absolute Gasteiger partial charge is 0.384 e. The predicted octanol–water partition coefficient (Wildman–Crippen LogP) is 3.49. The minimum atomic E-state index is 0.185. The summed E-state index contributed by atoms with van der Waals surface area (Å²) in [6, 6.07) is 8.99. The molecule has 2 unspecified atom stereocenters. The van der Waals surface area contributed by atoms with Gasteiger partial charge in [-0.05, 0) is 31.4 Å². The quantitative estimate of drug-likeness (QED) is 0.827. The number of hydrogen-bond donors (Lipinski definition) is 1. The van der Waals surface area contributed by atoms with Crippen LogP contribution in [-0.2, 0) is 15.9 Å². The van der Waals surface area contributed by atoms with Gasteiger partial charge in [0.1, 0.15) is 0 Å². The number of hydrogen-bond acceptors (Lipinski definition) is 3.